The van der Waals surface area contributed by atoms with Gasteiger partial charge in [0.1, 0.15) is 18.1 Å². The minimum atomic E-state index is -1.22. The molecule has 0 aliphatic rings. The van der Waals surface area contributed by atoms with Crippen molar-refractivity contribution in [3.63, 3.8) is 0 Å². The van der Waals surface area contributed by atoms with Gasteiger partial charge in [-0.25, -0.2) is 4.79 Å². The van der Waals surface area contributed by atoms with Gasteiger partial charge < -0.3 is 37.5 Å². The molecule has 4 unspecified atom stereocenters. The van der Waals surface area contributed by atoms with Gasteiger partial charge in [-0.2, -0.15) is 0 Å². The summed E-state index contributed by atoms with van der Waals surface area (Å²) < 4.78 is 0. The summed E-state index contributed by atoms with van der Waals surface area (Å²) >= 11 is 0. The van der Waals surface area contributed by atoms with Crippen molar-refractivity contribution in [1.82, 2.24) is 20.9 Å². The first-order chi connectivity index (χ1) is 20.1. The number of hydrogen-bond donors (Lipinski definition) is 7. The molecule has 0 aliphatic heterocycles. The van der Waals surface area contributed by atoms with E-state index in [-0.39, 0.29) is 18.8 Å². The van der Waals surface area contributed by atoms with Crippen LogP contribution < -0.4 is 27.4 Å². The van der Waals surface area contributed by atoms with Gasteiger partial charge in [-0.05, 0) is 42.5 Å². The second-order valence-corrected chi connectivity index (χ2v) is 10.8. The highest BCUT2D eigenvalue weighted by Crippen LogP contribution is 2.19. The third kappa shape index (κ3) is 9.15. The van der Waals surface area contributed by atoms with Crippen LogP contribution in [0.3, 0.4) is 0 Å². The SMILES string of the molecule is CC(C)C(NC(=O)C(Cc1ccccc1)NC(=O)C(N)CCCCN)C(=O)NC(Cc1c[nH]c2ccccc12)C(=O)O. The normalized spacial score (nSPS) is 14.1. The highest BCUT2D eigenvalue weighted by Gasteiger charge is 2.32. The first-order valence-corrected chi connectivity index (χ1v) is 14.3. The lowest BCUT2D eigenvalue weighted by Crippen LogP contribution is -2.59. The second kappa shape index (κ2) is 15.7. The molecule has 42 heavy (non-hydrogen) atoms. The van der Waals surface area contributed by atoms with Gasteiger partial charge >= 0.3 is 5.97 Å². The Kier molecular flexibility index (Phi) is 12.1. The molecule has 0 aliphatic carbocycles. The van der Waals surface area contributed by atoms with Crippen LogP contribution in [0.5, 0.6) is 0 Å². The molecule has 11 heteroatoms. The molecule has 0 fully saturated rings. The van der Waals surface area contributed by atoms with Crippen LogP contribution in [-0.4, -0.2) is 64.5 Å². The van der Waals surface area contributed by atoms with Crippen molar-refractivity contribution >= 4 is 34.6 Å². The van der Waals surface area contributed by atoms with Gasteiger partial charge in [-0.1, -0.05) is 68.8 Å². The number of unbranched alkanes of at least 4 members (excludes halogenated alkanes) is 1. The van der Waals surface area contributed by atoms with Gasteiger partial charge in [0.05, 0.1) is 6.04 Å². The Hall–Kier alpha value is -4.22. The number of aromatic nitrogens is 1. The summed E-state index contributed by atoms with van der Waals surface area (Å²) in [5.74, 6) is -3.24. The molecule has 3 rings (SSSR count). The number of carbonyl (C=O) groups excluding carboxylic acids is 3. The zero-order valence-electron chi connectivity index (χ0n) is 24.1. The van der Waals surface area contributed by atoms with E-state index >= 15 is 0 Å². The van der Waals surface area contributed by atoms with E-state index < -0.39 is 47.9 Å². The van der Waals surface area contributed by atoms with Gasteiger partial charge in [0.2, 0.25) is 17.7 Å². The lowest BCUT2D eigenvalue weighted by Gasteiger charge is -2.27. The number of carbonyl (C=O) groups is 4. The summed E-state index contributed by atoms with van der Waals surface area (Å²) in [6.45, 7) is 3.99. The van der Waals surface area contributed by atoms with E-state index in [1.54, 1.807) is 20.0 Å². The molecular weight excluding hydrogens is 536 g/mol. The molecule has 226 valence electrons. The zero-order chi connectivity index (χ0) is 30.6. The highest BCUT2D eigenvalue weighted by molar-refractivity contribution is 5.94. The van der Waals surface area contributed by atoms with Crippen LogP contribution in [0.1, 0.15) is 44.2 Å². The number of carboxylic acids is 1. The van der Waals surface area contributed by atoms with Crippen molar-refractivity contribution in [1.29, 1.82) is 0 Å². The molecule has 3 aromatic rings. The second-order valence-electron chi connectivity index (χ2n) is 10.8. The van der Waals surface area contributed by atoms with Crippen molar-refractivity contribution in [3.8, 4) is 0 Å². The Balaban J connectivity index is 1.73. The minimum Gasteiger partial charge on any atom is -0.480 e. The Bertz CT molecular complexity index is 1340. The molecule has 0 saturated heterocycles. The Morgan fingerprint density at radius 2 is 1.50 bits per heavy atom. The fourth-order valence-electron chi connectivity index (χ4n) is 4.75. The molecule has 0 bridgehead atoms. The van der Waals surface area contributed by atoms with Crippen LogP contribution in [-0.2, 0) is 32.0 Å². The Labute approximate surface area is 245 Å². The fourth-order valence-corrected chi connectivity index (χ4v) is 4.75. The number of aromatic amines is 1. The molecule has 9 N–H and O–H groups in total. The molecule has 2 aromatic carbocycles. The van der Waals surface area contributed by atoms with Crippen LogP contribution in [0.4, 0.5) is 0 Å². The first-order valence-electron chi connectivity index (χ1n) is 14.3. The molecule has 3 amide bonds. The van der Waals surface area contributed by atoms with Gasteiger partial charge in [0.15, 0.2) is 0 Å². The summed E-state index contributed by atoms with van der Waals surface area (Å²) in [7, 11) is 0. The number of amides is 3. The maximum Gasteiger partial charge on any atom is 0.326 e. The number of aliphatic carboxylic acids is 1. The average molecular weight is 579 g/mol. The number of carboxylic acid groups (broad SMARTS) is 1. The molecule has 0 radical (unpaired) electrons. The van der Waals surface area contributed by atoms with Crippen molar-refractivity contribution in [2.24, 2.45) is 17.4 Å². The van der Waals surface area contributed by atoms with Gasteiger partial charge in [-0.15, -0.1) is 0 Å². The topological polar surface area (TPSA) is 192 Å². The van der Waals surface area contributed by atoms with E-state index in [0.717, 1.165) is 28.5 Å². The van der Waals surface area contributed by atoms with Crippen LogP contribution in [0.15, 0.2) is 60.8 Å². The van der Waals surface area contributed by atoms with Gasteiger partial charge in [-0.3, -0.25) is 14.4 Å². The zero-order valence-corrected chi connectivity index (χ0v) is 24.1. The Morgan fingerprint density at radius 3 is 2.17 bits per heavy atom. The monoisotopic (exact) mass is 578 g/mol. The molecule has 0 spiro atoms. The molecular formula is C31H42N6O5. The smallest absolute Gasteiger partial charge is 0.326 e. The van der Waals surface area contributed by atoms with E-state index in [1.807, 2.05) is 54.6 Å². The highest BCUT2D eigenvalue weighted by atomic mass is 16.4. The van der Waals surface area contributed by atoms with E-state index in [4.69, 9.17) is 11.5 Å². The molecule has 1 aromatic heterocycles. The fraction of sp³-hybridized carbons (Fsp3) is 0.419. The third-order valence-corrected chi connectivity index (χ3v) is 7.18. The van der Waals surface area contributed by atoms with Crippen LogP contribution >= 0.6 is 0 Å². The van der Waals surface area contributed by atoms with Crippen LogP contribution in [0.2, 0.25) is 0 Å². The third-order valence-electron chi connectivity index (χ3n) is 7.18. The average Bonchev–Trinajstić information content (AvgIpc) is 3.38. The van der Waals surface area contributed by atoms with E-state index in [9.17, 15) is 24.3 Å². The minimum absolute atomic E-state index is 0.0541. The number of nitrogens with two attached hydrogens (primary N) is 2. The van der Waals surface area contributed by atoms with Crippen molar-refractivity contribution in [2.45, 2.75) is 70.1 Å². The van der Waals surface area contributed by atoms with E-state index in [0.29, 0.717) is 19.4 Å². The summed E-state index contributed by atoms with van der Waals surface area (Å²) in [6.07, 6.45) is 3.80. The lowest BCUT2D eigenvalue weighted by atomic mass is 9.99. The number of H-pyrrole nitrogens is 1. The first kappa shape index (κ1) is 32.3. The number of para-hydroxylation sites is 1. The number of rotatable bonds is 16. The number of nitrogens with one attached hydrogen (secondary N) is 4. The largest absolute Gasteiger partial charge is 0.480 e. The number of benzene rings is 2. The summed E-state index contributed by atoms with van der Waals surface area (Å²) in [5.41, 5.74) is 14.0. The number of fused-ring (bicyclic) bond motifs is 1. The quantitative estimate of drug-likeness (QED) is 0.125. The number of hydrogen-bond acceptors (Lipinski definition) is 6. The van der Waals surface area contributed by atoms with Crippen molar-refractivity contribution in [2.75, 3.05) is 6.54 Å². The van der Waals surface area contributed by atoms with Crippen molar-refractivity contribution < 1.29 is 24.3 Å². The maximum absolute atomic E-state index is 13.5. The summed E-state index contributed by atoms with van der Waals surface area (Å²) in [4.78, 5) is 55.0. The lowest BCUT2D eigenvalue weighted by molar-refractivity contribution is -0.142. The van der Waals surface area contributed by atoms with Gasteiger partial charge in [0, 0.05) is 29.9 Å². The van der Waals surface area contributed by atoms with Crippen molar-refractivity contribution in [3.05, 3.63) is 71.9 Å². The van der Waals surface area contributed by atoms with E-state index in [2.05, 4.69) is 20.9 Å². The van der Waals surface area contributed by atoms with Gasteiger partial charge in [0.25, 0.3) is 0 Å². The molecule has 11 nitrogen and oxygen atoms in total. The predicted octanol–water partition coefficient (Wildman–Crippen LogP) is 1.60. The molecule has 4 atom stereocenters. The maximum atomic E-state index is 13.5. The summed E-state index contributed by atoms with van der Waals surface area (Å²) in [5, 5.41) is 18.9. The summed E-state index contributed by atoms with van der Waals surface area (Å²) in [6, 6.07) is 12.6. The molecule has 1 heterocycles. The predicted molar refractivity (Wildman–Crippen MR) is 161 cm³/mol. The van der Waals surface area contributed by atoms with Crippen LogP contribution in [0, 0.1) is 5.92 Å². The van der Waals surface area contributed by atoms with E-state index in [1.165, 1.54) is 0 Å². The van der Waals surface area contributed by atoms with Crippen LogP contribution in [0.25, 0.3) is 10.9 Å². The molecule has 0 saturated carbocycles. The standard InChI is InChI=1S/C31H42N6O5/c1-19(2)27(30(40)36-26(31(41)42)17-21-18-34-24-14-7-6-12-22(21)24)37-29(39)25(16-20-10-4-3-5-11-20)35-28(38)23(33)13-8-9-15-32/h3-7,10-12,14,18-19,23,25-27,34H,8-9,13,15-17,32-33H2,1-2H3,(H,35,38)(H,36,40)(H,37,39)(H,41,42). The Morgan fingerprint density at radius 1 is 0.833 bits per heavy atom.